The highest BCUT2D eigenvalue weighted by molar-refractivity contribution is 4.81. The van der Waals surface area contributed by atoms with Gasteiger partial charge in [-0.05, 0) is 52.7 Å². The third kappa shape index (κ3) is 4.97. The molecule has 84 valence electrons. The molecule has 1 N–H and O–H groups in total. The Labute approximate surface area is 89.1 Å². The molecular formula is C12H26N2. The van der Waals surface area contributed by atoms with Gasteiger partial charge in [-0.15, -0.1) is 0 Å². The second-order valence-corrected chi connectivity index (χ2v) is 4.70. The fourth-order valence-corrected chi connectivity index (χ4v) is 1.63. The van der Waals surface area contributed by atoms with E-state index in [1.807, 2.05) is 0 Å². The van der Waals surface area contributed by atoms with Gasteiger partial charge in [-0.1, -0.05) is 13.3 Å². The molecule has 0 spiro atoms. The van der Waals surface area contributed by atoms with E-state index in [0.29, 0.717) is 0 Å². The fourth-order valence-electron chi connectivity index (χ4n) is 1.63. The molecule has 0 bridgehead atoms. The Morgan fingerprint density at radius 3 is 2.71 bits per heavy atom. The first-order chi connectivity index (χ1) is 6.74. The highest BCUT2D eigenvalue weighted by atomic mass is 15.1. The van der Waals surface area contributed by atoms with Gasteiger partial charge in [0.05, 0.1) is 0 Å². The lowest BCUT2D eigenvalue weighted by Crippen LogP contribution is -2.33. The van der Waals surface area contributed by atoms with Crippen LogP contribution < -0.4 is 5.32 Å². The zero-order valence-electron chi connectivity index (χ0n) is 10.1. The highest BCUT2D eigenvalue weighted by Gasteiger charge is 2.20. The summed E-state index contributed by atoms with van der Waals surface area (Å²) in [6, 6.07) is 1.59. The van der Waals surface area contributed by atoms with Crippen molar-refractivity contribution in [3.8, 4) is 0 Å². The molecule has 1 unspecified atom stereocenters. The number of unbranched alkanes of at least 4 members (excludes halogenated alkanes) is 1. The molecule has 14 heavy (non-hydrogen) atoms. The van der Waals surface area contributed by atoms with Gasteiger partial charge in [-0.2, -0.15) is 0 Å². The molecule has 2 heteroatoms. The van der Waals surface area contributed by atoms with E-state index in [1.54, 1.807) is 0 Å². The number of nitrogens with one attached hydrogen (secondary N) is 1. The predicted octanol–water partition coefficient (Wildman–Crippen LogP) is 2.25. The van der Waals surface area contributed by atoms with E-state index in [2.05, 4.69) is 31.1 Å². The molecule has 2 nitrogen and oxygen atoms in total. The molecule has 1 aliphatic carbocycles. The van der Waals surface area contributed by atoms with Gasteiger partial charge in [-0.25, -0.2) is 0 Å². The van der Waals surface area contributed by atoms with Crippen molar-refractivity contribution >= 4 is 0 Å². The van der Waals surface area contributed by atoms with Gasteiger partial charge in [0, 0.05) is 12.1 Å². The van der Waals surface area contributed by atoms with Crippen LogP contribution in [-0.2, 0) is 0 Å². The van der Waals surface area contributed by atoms with Gasteiger partial charge in [0.15, 0.2) is 0 Å². The molecule has 1 rings (SSSR count). The largest absolute Gasteiger partial charge is 0.314 e. The lowest BCUT2D eigenvalue weighted by atomic mass is 10.2. The zero-order chi connectivity index (χ0) is 10.4. The highest BCUT2D eigenvalue weighted by Crippen LogP contribution is 2.18. The minimum Gasteiger partial charge on any atom is -0.314 e. The molecule has 0 amide bonds. The van der Waals surface area contributed by atoms with Crippen LogP contribution in [-0.4, -0.2) is 37.1 Å². The maximum Gasteiger partial charge on any atom is 0.00759 e. The molecule has 1 aliphatic rings. The lowest BCUT2D eigenvalue weighted by molar-refractivity contribution is 0.241. The van der Waals surface area contributed by atoms with Crippen LogP contribution in [0.15, 0.2) is 0 Å². The molecule has 1 fully saturated rings. The third-order valence-corrected chi connectivity index (χ3v) is 3.19. The summed E-state index contributed by atoms with van der Waals surface area (Å²) in [5, 5.41) is 3.57. The Kier molecular flexibility index (Phi) is 5.49. The SMILES string of the molecule is CCCCN(C)C(C)CCNC1CC1. The molecule has 0 aromatic heterocycles. The topological polar surface area (TPSA) is 15.3 Å². The van der Waals surface area contributed by atoms with Crippen LogP contribution in [0.5, 0.6) is 0 Å². The zero-order valence-corrected chi connectivity index (χ0v) is 10.1. The van der Waals surface area contributed by atoms with Crippen molar-refractivity contribution in [2.75, 3.05) is 20.1 Å². The summed E-state index contributed by atoms with van der Waals surface area (Å²) in [5.41, 5.74) is 0. The number of hydrogen-bond acceptors (Lipinski definition) is 2. The quantitative estimate of drug-likeness (QED) is 0.643. The van der Waals surface area contributed by atoms with Gasteiger partial charge in [-0.3, -0.25) is 0 Å². The van der Waals surface area contributed by atoms with Gasteiger partial charge in [0.25, 0.3) is 0 Å². The third-order valence-electron chi connectivity index (χ3n) is 3.19. The van der Waals surface area contributed by atoms with Crippen molar-refractivity contribution in [3.05, 3.63) is 0 Å². The van der Waals surface area contributed by atoms with E-state index >= 15 is 0 Å². The summed E-state index contributed by atoms with van der Waals surface area (Å²) in [7, 11) is 2.25. The van der Waals surface area contributed by atoms with Crippen molar-refractivity contribution in [2.24, 2.45) is 0 Å². The molecule has 1 atom stereocenters. The van der Waals surface area contributed by atoms with Gasteiger partial charge in [0.2, 0.25) is 0 Å². The van der Waals surface area contributed by atoms with Crippen molar-refractivity contribution in [2.45, 2.75) is 58.0 Å². The second-order valence-electron chi connectivity index (χ2n) is 4.70. The summed E-state index contributed by atoms with van der Waals surface area (Å²) < 4.78 is 0. The van der Waals surface area contributed by atoms with Crippen LogP contribution in [0, 0.1) is 0 Å². The molecule has 0 aliphatic heterocycles. The number of hydrogen-bond donors (Lipinski definition) is 1. The number of nitrogens with zero attached hydrogens (tertiary/aromatic N) is 1. The Morgan fingerprint density at radius 2 is 2.14 bits per heavy atom. The summed E-state index contributed by atoms with van der Waals surface area (Å²) >= 11 is 0. The minimum atomic E-state index is 0.729. The normalized spacial score (nSPS) is 18.9. The van der Waals surface area contributed by atoms with Gasteiger partial charge in [0.1, 0.15) is 0 Å². The monoisotopic (exact) mass is 198 g/mol. The first-order valence-electron chi connectivity index (χ1n) is 6.17. The van der Waals surface area contributed by atoms with E-state index in [-0.39, 0.29) is 0 Å². The standard InChI is InChI=1S/C12H26N2/c1-4-5-10-14(3)11(2)8-9-13-12-6-7-12/h11-13H,4-10H2,1-3H3. The molecule has 1 saturated carbocycles. The van der Waals surface area contributed by atoms with Crippen LogP contribution in [0.1, 0.15) is 46.0 Å². The molecular weight excluding hydrogens is 172 g/mol. The van der Waals surface area contributed by atoms with Crippen molar-refractivity contribution in [1.29, 1.82) is 0 Å². The lowest BCUT2D eigenvalue weighted by Gasteiger charge is -2.24. The average molecular weight is 198 g/mol. The Balaban J connectivity index is 1.97. The maximum atomic E-state index is 3.57. The predicted molar refractivity (Wildman–Crippen MR) is 62.6 cm³/mol. The second kappa shape index (κ2) is 6.41. The fraction of sp³-hybridized carbons (Fsp3) is 1.00. The van der Waals surface area contributed by atoms with E-state index < -0.39 is 0 Å². The maximum absolute atomic E-state index is 3.57. The molecule has 0 aromatic carbocycles. The Morgan fingerprint density at radius 1 is 1.43 bits per heavy atom. The van der Waals surface area contributed by atoms with Crippen molar-refractivity contribution in [3.63, 3.8) is 0 Å². The summed E-state index contributed by atoms with van der Waals surface area (Å²) in [6.07, 6.45) is 6.73. The minimum absolute atomic E-state index is 0.729. The van der Waals surface area contributed by atoms with Crippen LogP contribution in [0.4, 0.5) is 0 Å². The average Bonchev–Trinajstić information content (AvgIpc) is 2.97. The Hall–Kier alpha value is -0.0800. The smallest absolute Gasteiger partial charge is 0.00759 e. The van der Waals surface area contributed by atoms with Gasteiger partial charge >= 0.3 is 0 Å². The van der Waals surface area contributed by atoms with Crippen LogP contribution in [0.3, 0.4) is 0 Å². The van der Waals surface area contributed by atoms with Crippen LogP contribution in [0.25, 0.3) is 0 Å². The van der Waals surface area contributed by atoms with E-state index in [0.717, 1.165) is 12.1 Å². The number of rotatable bonds is 8. The first kappa shape index (κ1) is 12.0. The Bertz CT molecular complexity index is 143. The summed E-state index contributed by atoms with van der Waals surface area (Å²) in [6.45, 7) is 7.04. The van der Waals surface area contributed by atoms with E-state index in [1.165, 1.54) is 45.2 Å². The molecule has 0 radical (unpaired) electrons. The van der Waals surface area contributed by atoms with Gasteiger partial charge < -0.3 is 10.2 Å². The summed E-state index contributed by atoms with van der Waals surface area (Å²) in [4.78, 5) is 2.48. The molecule has 0 saturated heterocycles. The molecule has 0 aromatic rings. The van der Waals surface area contributed by atoms with E-state index in [4.69, 9.17) is 0 Å². The van der Waals surface area contributed by atoms with Crippen molar-refractivity contribution in [1.82, 2.24) is 10.2 Å². The summed E-state index contributed by atoms with van der Waals surface area (Å²) in [5.74, 6) is 0. The first-order valence-corrected chi connectivity index (χ1v) is 6.17. The molecule has 0 heterocycles. The van der Waals surface area contributed by atoms with Crippen LogP contribution >= 0.6 is 0 Å². The van der Waals surface area contributed by atoms with Crippen LogP contribution in [0.2, 0.25) is 0 Å². The van der Waals surface area contributed by atoms with Crippen molar-refractivity contribution < 1.29 is 0 Å². The van der Waals surface area contributed by atoms with E-state index in [9.17, 15) is 0 Å².